The maximum absolute atomic E-state index is 12.1. The van der Waals surface area contributed by atoms with Gasteiger partial charge in [-0.3, -0.25) is 9.00 Å². The largest absolute Gasteiger partial charge is 0.399 e. The number of amides is 1. The maximum atomic E-state index is 12.1. The van der Waals surface area contributed by atoms with Crippen molar-refractivity contribution in [2.75, 3.05) is 26.0 Å². The lowest BCUT2D eigenvalue weighted by Gasteiger charge is -2.12. The summed E-state index contributed by atoms with van der Waals surface area (Å²) in [5.74, 6) is -0.257. The van der Waals surface area contributed by atoms with Gasteiger partial charge in [0.1, 0.15) is 5.25 Å². The van der Waals surface area contributed by atoms with E-state index >= 15 is 0 Å². The van der Waals surface area contributed by atoms with Gasteiger partial charge in [-0.25, -0.2) is 0 Å². The first-order valence-corrected chi connectivity index (χ1v) is 6.80. The van der Waals surface area contributed by atoms with Crippen molar-refractivity contribution in [3.8, 4) is 0 Å². The molecule has 3 N–H and O–H groups in total. The van der Waals surface area contributed by atoms with Crippen LogP contribution in [0.5, 0.6) is 0 Å². The monoisotopic (exact) mass is 270 g/mol. The molecule has 0 aliphatic carbocycles. The van der Waals surface area contributed by atoms with E-state index in [1.807, 2.05) is 0 Å². The van der Waals surface area contributed by atoms with Gasteiger partial charge in [-0.2, -0.15) is 0 Å². The first-order valence-electron chi connectivity index (χ1n) is 5.59. The van der Waals surface area contributed by atoms with E-state index in [2.05, 4.69) is 5.32 Å². The summed E-state index contributed by atoms with van der Waals surface area (Å²) in [6.45, 7) is 2.47. The van der Waals surface area contributed by atoms with Gasteiger partial charge in [0.15, 0.2) is 0 Å². The number of carbonyl (C=O) groups is 1. The molecule has 0 spiro atoms. The van der Waals surface area contributed by atoms with E-state index in [9.17, 15) is 9.00 Å². The summed E-state index contributed by atoms with van der Waals surface area (Å²) in [4.78, 5) is 12.3. The average Bonchev–Trinajstić information content (AvgIpc) is 2.37. The van der Waals surface area contributed by atoms with Crippen LogP contribution in [0.25, 0.3) is 0 Å². The highest BCUT2D eigenvalue weighted by Crippen LogP contribution is 2.14. The number of methoxy groups -OCH3 is 1. The Balaban J connectivity index is 2.63. The van der Waals surface area contributed by atoms with Crippen molar-refractivity contribution in [1.82, 2.24) is 5.32 Å². The van der Waals surface area contributed by atoms with E-state index in [0.717, 1.165) is 0 Å². The standard InChI is InChI=1S/C12H18N2O3S/c1-9(12(15)14-6-7-17-2)18(16)11-5-3-4-10(13)8-11/h3-5,8-9H,6-7,13H2,1-2H3,(H,14,15). The predicted molar refractivity (Wildman–Crippen MR) is 71.6 cm³/mol. The molecule has 0 heterocycles. The second kappa shape index (κ2) is 7.13. The Morgan fingerprint density at radius 3 is 2.89 bits per heavy atom. The quantitative estimate of drug-likeness (QED) is 0.583. The highest BCUT2D eigenvalue weighted by molar-refractivity contribution is 7.86. The fourth-order valence-corrected chi connectivity index (χ4v) is 2.51. The van der Waals surface area contributed by atoms with E-state index < -0.39 is 16.0 Å². The second-order valence-corrected chi connectivity index (χ2v) is 5.57. The molecule has 0 fully saturated rings. The maximum Gasteiger partial charge on any atom is 0.235 e. The molecule has 0 saturated heterocycles. The predicted octanol–water partition coefficient (Wildman–Crippen LogP) is 0.527. The minimum absolute atomic E-state index is 0.257. The van der Waals surface area contributed by atoms with Crippen molar-refractivity contribution >= 4 is 22.4 Å². The van der Waals surface area contributed by atoms with E-state index in [4.69, 9.17) is 10.5 Å². The Morgan fingerprint density at radius 2 is 2.28 bits per heavy atom. The molecule has 0 radical (unpaired) electrons. The number of benzene rings is 1. The van der Waals surface area contributed by atoms with E-state index in [1.54, 1.807) is 38.3 Å². The summed E-state index contributed by atoms with van der Waals surface area (Å²) in [5, 5.41) is 2.04. The van der Waals surface area contributed by atoms with Crippen molar-refractivity contribution in [3.63, 3.8) is 0 Å². The summed E-state index contributed by atoms with van der Waals surface area (Å²) in [5.41, 5.74) is 6.15. The lowest BCUT2D eigenvalue weighted by atomic mass is 10.3. The molecule has 1 aromatic carbocycles. The van der Waals surface area contributed by atoms with Gasteiger partial charge in [0.25, 0.3) is 0 Å². The molecule has 2 atom stereocenters. The van der Waals surface area contributed by atoms with Crippen LogP contribution in [0, 0.1) is 0 Å². The van der Waals surface area contributed by atoms with E-state index in [0.29, 0.717) is 23.7 Å². The summed E-state index contributed by atoms with van der Waals surface area (Å²) in [6, 6.07) is 6.75. The lowest BCUT2D eigenvalue weighted by Crippen LogP contribution is -2.37. The Kier molecular flexibility index (Phi) is 5.80. The molecule has 1 aromatic rings. The van der Waals surface area contributed by atoms with Crippen LogP contribution >= 0.6 is 0 Å². The summed E-state index contributed by atoms with van der Waals surface area (Å²) < 4.78 is 17.0. The zero-order valence-corrected chi connectivity index (χ0v) is 11.3. The van der Waals surface area contributed by atoms with Crippen LogP contribution in [0.1, 0.15) is 6.92 Å². The number of ether oxygens (including phenoxy) is 1. The van der Waals surface area contributed by atoms with Crippen LogP contribution in [0.2, 0.25) is 0 Å². The number of nitrogen functional groups attached to an aromatic ring is 1. The lowest BCUT2D eigenvalue weighted by molar-refractivity contribution is -0.120. The van der Waals surface area contributed by atoms with Gasteiger partial charge in [-0.1, -0.05) is 6.07 Å². The van der Waals surface area contributed by atoms with Crippen LogP contribution in [0.4, 0.5) is 5.69 Å². The Morgan fingerprint density at radius 1 is 1.56 bits per heavy atom. The summed E-state index contributed by atoms with van der Waals surface area (Å²) in [7, 11) is 0.149. The molecule has 0 saturated carbocycles. The normalized spacial score (nSPS) is 13.9. The zero-order chi connectivity index (χ0) is 13.5. The third kappa shape index (κ3) is 4.12. The SMILES string of the molecule is COCCNC(=O)C(C)S(=O)c1cccc(N)c1. The Bertz CT molecular complexity index is 437. The molecule has 0 aliphatic heterocycles. The molecule has 6 heteroatoms. The first-order chi connectivity index (χ1) is 8.56. The average molecular weight is 270 g/mol. The van der Waals surface area contributed by atoms with Gasteiger partial charge >= 0.3 is 0 Å². The van der Waals surface area contributed by atoms with Gasteiger partial charge in [0.2, 0.25) is 5.91 Å². The van der Waals surface area contributed by atoms with Gasteiger partial charge < -0.3 is 15.8 Å². The highest BCUT2D eigenvalue weighted by Gasteiger charge is 2.21. The van der Waals surface area contributed by atoms with Crippen LogP contribution in [0.15, 0.2) is 29.2 Å². The molecule has 5 nitrogen and oxygen atoms in total. The highest BCUT2D eigenvalue weighted by atomic mass is 32.2. The fraction of sp³-hybridized carbons (Fsp3) is 0.417. The summed E-state index contributed by atoms with van der Waals surface area (Å²) in [6.07, 6.45) is 0. The molecule has 2 unspecified atom stereocenters. The van der Waals surface area contributed by atoms with Crippen LogP contribution in [0.3, 0.4) is 0 Å². The van der Waals surface area contributed by atoms with Crippen molar-refractivity contribution in [3.05, 3.63) is 24.3 Å². The van der Waals surface area contributed by atoms with Crippen molar-refractivity contribution in [2.45, 2.75) is 17.1 Å². The fourth-order valence-electron chi connectivity index (χ4n) is 1.36. The molecule has 0 aromatic heterocycles. The molecule has 18 heavy (non-hydrogen) atoms. The van der Waals surface area contributed by atoms with Crippen molar-refractivity contribution < 1.29 is 13.7 Å². The Hall–Kier alpha value is -1.40. The number of hydrogen-bond acceptors (Lipinski definition) is 4. The van der Waals surface area contributed by atoms with Gasteiger partial charge in [0.05, 0.1) is 17.4 Å². The van der Waals surface area contributed by atoms with Crippen LogP contribution in [-0.4, -0.2) is 35.6 Å². The third-order valence-corrected chi connectivity index (χ3v) is 3.96. The second-order valence-electron chi connectivity index (χ2n) is 3.80. The topological polar surface area (TPSA) is 81.4 Å². The number of anilines is 1. The number of hydrogen-bond donors (Lipinski definition) is 2. The van der Waals surface area contributed by atoms with Crippen molar-refractivity contribution in [2.24, 2.45) is 0 Å². The van der Waals surface area contributed by atoms with Crippen LogP contribution < -0.4 is 11.1 Å². The summed E-state index contributed by atoms with van der Waals surface area (Å²) >= 11 is 0. The number of nitrogens with one attached hydrogen (secondary N) is 1. The molecular formula is C12H18N2O3S. The molecule has 0 bridgehead atoms. The Labute approximate surface area is 109 Å². The van der Waals surface area contributed by atoms with Crippen molar-refractivity contribution in [1.29, 1.82) is 0 Å². The van der Waals surface area contributed by atoms with Gasteiger partial charge in [0, 0.05) is 24.2 Å². The zero-order valence-electron chi connectivity index (χ0n) is 10.5. The molecular weight excluding hydrogens is 252 g/mol. The third-order valence-electron chi connectivity index (χ3n) is 2.39. The van der Waals surface area contributed by atoms with Gasteiger partial charge in [-0.05, 0) is 25.1 Å². The minimum atomic E-state index is -1.41. The smallest absolute Gasteiger partial charge is 0.235 e. The van der Waals surface area contributed by atoms with Gasteiger partial charge in [-0.15, -0.1) is 0 Å². The number of carbonyl (C=O) groups excluding carboxylic acids is 1. The molecule has 1 rings (SSSR count). The van der Waals surface area contributed by atoms with E-state index in [-0.39, 0.29) is 5.91 Å². The minimum Gasteiger partial charge on any atom is -0.399 e. The molecule has 1 amide bonds. The first kappa shape index (κ1) is 14.7. The number of nitrogens with two attached hydrogens (primary N) is 1. The van der Waals surface area contributed by atoms with E-state index in [1.165, 1.54) is 0 Å². The molecule has 100 valence electrons. The number of rotatable bonds is 6. The molecule has 0 aliphatic rings. The van der Waals surface area contributed by atoms with Crippen LogP contribution in [-0.2, 0) is 20.3 Å².